The number of carbonyl (C=O) groups excluding carboxylic acids is 2. The smallest absolute Gasteiger partial charge is 0.335 e. The van der Waals surface area contributed by atoms with Gasteiger partial charge >= 0.3 is 17.9 Å². The molecule has 448 valence electrons. The van der Waals surface area contributed by atoms with Crippen molar-refractivity contribution >= 4 is 17.9 Å². The first-order valence-corrected chi connectivity index (χ1v) is 28.0. The van der Waals surface area contributed by atoms with Crippen LogP contribution in [0.3, 0.4) is 0 Å². The molecule has 0 aromatic heterocycles. The lowest BCUT2D eigenvalue weighted by atomic mass is 9.33. The van der Waals surface area contributed by atoms with Gasteiger partial charge in [-0.2, -0.15) is 0 Å². The number of carboxylic acids is 1. The maximum absolute atomic E-state index is 13.8. The van der Waals surface area contributed by atoms with E-state index in [0.717, 1.165) is 5.57 Å². The Morgan fingerprint density at radius 2 is 1.19 bits per heavy atom. The van der Waals surface area contributed by atoms with Crippen LogP contribution >= 0.6 is 0 Å². The second kappa shape index (κ2) is 22.5. The molecule has 3 aliphatic heterocycles. The highest BCUT2D eigenvalue weighted by atomic mass is 16.8. The van der Waals surface area contributed by atoms with Crippen molar-refractivity contribution in [3.05, 3.63) is 34.9 Å². The summed E-state index contributed by atoms with van der Waals surface area (Å²) in [4.78, 5) is 40.3. The van der Waals surface area contributed by atoms with Gasteiger partial charge in [0.05, 0.1) is 37.4 Å². The molecule has 25 atom stereocenters. The highest BCUT2D eigenvalue weighted by Gasteiger charge is 2.74. The minimum absolute atomic E-state index is 0.0232. The van der Waals surface area contributed by atoms with Crippen molar-refractivity contribution < 1.29 is 108 Å². The van der Waals surface area contributed by atoms with Crippen molar-refractivity contribution in [2.24, 2.45) is 50.2 Å². The van der Waals surface area contributed by atoms with Gasteiger partial charge in [0, 0.05) is 16.6 Å². The van der Waals surface area contributed by atoms with Crippen LogP contribution in [0, 0.1) is 50.2 Å². The van der Waals surface area contributed by atoms with Gasteiger partial charge < -0.3 is 94.1 Å². The maximum atomic E-state index is 13.8. The van der Waals surface area contributed by atoms with Gasteiger partial charge in [0.1, 0.15) is 67.1 Å². The summed E-state index contributed by atoms with van der Waals surface area (Å²) in [6.07, 6.45) is -20.2. The van der Waals surface area contributed by atoms with E-state index in [0.29, 0.717) is 49.7 Å². The molecule has 0 bridgehead atoms. The van der Waals surface area contributed by atoms with Gasteiger partial charge in [-0.1, -0.05) is 72.3 Å². The summed E-state index contributed by atoms with van der Waals surface area (Å²) >= 11 is 0. The number of aliphatic carboxylic acids is 1. The van der Waals surface area contributed by atoms with Crippen molar-refractivity contribution in [1.82, 2.24) is 0 Å². The summed E-state index contributed by atoms with van der Waals surface area (Å²) in [7, 11) is 0. The summed E-state index contributed by atoms with van der Waals surface area (Å²) in [5.41, 5.74) is -2.71. The molecule has 0 spiro atoms. The van der Waals surface area contributed by atoms with Gasteiger partial charge in [0.15, 0.2) is 31.1 Å². The molecular weight excluding hydrogens is 1040 g/mol. The Morgan fingerprint density at radius 1 is 0.646 bits per heavy atom. The summed E-state index contributed by atoms with van der Waals surface area (Å²) in [6, 6.07) is 0. The zero-order valence-electron chi connectivity index (χ0n) is 47.3. The Kier molecular flexibility index (Phi) is 17.7. The third-order valence-electron chi connectivity index (χ3n) is 21.3. The zero-order chi connectivity index (χ0) is 58.4. The number of ether oxygens (including phenoxy) is 8. The Morgan fingerprint density at radius 3 is 1.73 bits per heavy atom. The number of carbonyl (C=O) groups is 3. The van der Waals surface area contributed by atoms with Crippen LogP contribution in [-0.4, -0.2) is 204 Å². The Bertz CT molecular complexity index is 2350. The Hall–Kier alpha value is -3.01. The molecule has 8 aliphatic rings. The molecule has 79 heavy (non-hydrogen) atoms. The van der Waals surface area contributed by atoms with E-state index in [4.69, 9.17) is 37.9 Å². The molecule has 3 heterocycles. The molecule has 0 aromatic carbocycles. The van der Waals surface area contributed by atoms with Gasteiger partial charge in [0.2, 0.25) is 0 Å². The van der Waals surface area contributed by atoms with Crippen LogP contribution in [0.15, 0.2) is 34.9 Å². The average Bonchev–Trinajstić information content (AvgIpc) is 3.87. The first-order chi connectivity index (χ1) is 36.9. The Labute approximate surface area is 461 Å². The molecule has 11 N–H and O–H groups in total. The van der Waals surface area contributed by atoms with Crippen LogP contribution in [0.25, 0.3) is 0 Å². The molecule has 8 rings (SSSR count). The quantitative estimate of drug-likeness (QED) is 0.0505. The molecular formula is C57H88O22. The number of carboxylic acid groups (broad SMARTS) is 1. The zero-order valence-corrected chi connectivity index (χ0v) is 47.3. The number of esters is 2. The van der Waals surface area contributed by atoms with Crippen molar-refractivity contribution in [3.8, 4) is 0 Å². The molecule has 0 amide bonds. The van der Waals surface area contributed by atoms with Crippen LogP contribution in [0.1, 0.15) is 121 Å². The van der Waals surface area contributed by atoms with Crippen molar-refractivity contribution in [1.29, 1.82) is 0 Å². The molecule has 22 heteroatoms. The molecule has 4 saturated carbocycles. The van der Waals surface area contributed by atoms with Crippen LogP contribution in [0.5, 0.6) is 0 Å². The topological polar surface area (TPSA) is 348 Å². The number of hydrogen-bond acceptors (Lipinski definition) is 21. The fourth-order valence-electron chi connectivity index (χ4n) is 16.2. The fraction of sp³-hybridized carbons (Fsp3) is 0.842. The molecule has 2 unspecified atom stereocenters. The predicted octanol–water partition coefficient (Wildman–Crippen LogP) is 1.29. The van der Waals surface area contributed by atoms with E-state index >= 15 is 0 Å². The first-order valence-electron chi connectivity index (χ1n) is 28.0. The van der Waals surface area contributed by atoms with Crippen molar-refractivity contribution in [2.75, 3.05) is 19.8 Å². The van der Waals surface area contributed by atoms with E-state index < -0.39 is 181 Å². The third-order valence-corrected chi connectivity index (χ3v) is 21.3. The first kappa shape index (κ1) is 62.0. The Balaban J connectivity index is 1.12. The van der Waals surface area contributed by atoms with Crippen LogP contribution in [0.2, 0.25) is 0 Å². The minimum Gasteiger partial charge on any atom is -0.479 e. The lowest BCUT2D eigenvalue weighted by Gasteiger charge is -2.72. The monoisotopic (exact) mass is 1120 g/mol. The summed E-state index contributed by atoms with van der Waals surface area (Å²) in [5.74, 6) is -3.40. The molecule has 3 saturated heterocycles. The molecule has 0 radical (unpaired) electrons. The van der Waals surface area contributed by atoms with E-state index in [1.807, 2.05) is 13.8 Å². The second-order valence-electron chi connectivity index (χ2n) is 26.0. The molecule has 0 aromatic rings. The number of aliphatic hydroxyl groups is 10. The van der Waals surface area contributed by atoms with E-state index in [1.54, 1.807) is 39.8 Å². The van der Waals surface area contributed by atoms with E-state index in [1.165, 1.54) is 0 Å². The molecule has 7 fully saturated rings. The van der Waals surface area contributed by atoms with Crippen molar-refractivity contribution in [2.45, 2.75) is 232 Å². The highest BCUT2D eigenvalue weighted by molar-refractivity contribution is 5.89. The van der Waals surface area contributed by atoms with Gasteiger partial charge in [0.25, 0.3) is 0 Å². The van der Waals surface area contributed by atoms with Crippen LogP contribution < -0.4 is 0 Å². The van der Waals surface area contributed by atoms with E-state index in [2.05, 4.69) is 40.7 Å². The van der Waals surface area contributed by atoms with Crippen LogP contribution in [-0.2, 0) is 52.3 Å². The highest BCUT2D eigenvalue weighted by Crippen LogP contribution is 2.76. The standard InChI is InChI=1S/C57H88O22/c1-12-25(3)47(70)78-44-45(79-48(71)26(4)13-2)57(24-60)28(20-52(44,5)6)27-14-15-32-54(9)18-17-34(53(7,8)31(54)16-19-55(32,10)56(27,11)21-33(57)61)74-51-43(77-50-39(66)37(64)35(62)29(22-58)72-50)41(40(67)42(76-51)46(68)69)75-49-38(65)36(63)30(23-59)73-49/h12-14,28-45,49-51,58-67H,15-24H2,1-11H3,(H,68,69)/b25-12-,26-13-/t28?,29-,30+,31+,32-,33-,34+,35+,36+,37+,38-,39-,40+,41+,42+,43-,44+,45+,49+,50?,51-,54+,55-,56-,57+/m1/s1. The van der Waals surface area contributed by atoms with Gasteiger partial charge in [-0.3, -0.25) is 0 Å². The van der Waals surface area contributed by atoms with Gasteiger partial charge in [-0.25, -0.2) is 14.4 Å². The third kappa shape index (κ3) is 9.99. The maximum Gasteiger partial charge on any atom is 0.335 e. The second-order valence-corrected chi connectivity index (χ2v) is 26.0. The molecule has 22 nitrogen and oxygen atoms in total. The fourth-order valence-corrected chi connectivity index (χ4v) is 16.2. The average molecular weight is 1130 g/mol. The summed E-state index contributed by atoms with van der Waals surface area (Å²) in [6.45, 7) is 19.4. The number of aliphatic hydroxyl groups excluding tert-OH is 10. The minimum atomic E-state index is -2.10. The van der Waals surface area contributed by atoms with Crippen molar-refractivity contribution in [3.63, 3.8) is 0 Å². The predicted molar refractivity (Wildman–Crippen MR) is 275 cm³/mol. The van der Waals surface area contributed by atoms with E-state index in [-0.39, 0.29) is 23.7 Å². The van der Waals surface area contributed by atoms with Gasteiger partial charge in [-0.15, -0.1) is 0 Å². The lowest BCUT2D eigenvalue weighted by Crippen LogP contribution is -2.72. The number of fused-ring (bicyclic) bond motifs is 7. The SMILES string of the molecule is C/C=C(/C)C(=O)O[C@H]1[C@H](OC(=O)/C(C)=C\C)[C@@]2(CO)C(CC1(C)C)C1=CC[C@@H]3[C@@]4(C)CC[C@H](O[C@@H]5O[C@H](C(=O)O)[C@@H](O)[C@H](O[C@@H]6O[C@@H](CO)[C@H](O)[C@H]6O)[C@H]5OC5O[C@H](CO)[C@H](O)[C@H](O)[C@H]5O)C(C)(C)[C@@H]4CC[C@@]3(C)[C@]1(C)C[C@H]2O. The van der Waals surface area contributed by atoms with Crippen LogP contribution in [0.4, 0.5) is 0 Å². The normalized spacial score (nSPS) is 48.6. The summed E-state index contributed by atoms with van der Waals surface area (Å²) < 4.78 is 49.2. The number of rotatable bonds is 14. The van der Waals surface area contributed by atoms with E-state index in [9.17, 15) is 70.6 Å². The number of hydrogen-bond donors (Lipinski definition) is 11. The lowest BCUT2D eigenvalue weighted by molar-refractivity contribution is -0.386. The summed E-state index contributed by atoms with van der Waals surface area (Å²) in [5, 5.41) is 121. The molecule has 5 aliphatic carbocycles. The largest absolute Gasteiger partial charge is 0.479 e. The number of allylic oxidation sites excluding steroid dienone is 4. The van der Waals surface area contributed by atoms with Gasteiger partial charge in [-0.05, 0) is 112 Å².